The average Bonchev–Trinajstić information content (AvgIpc) is 3.52. The number of aliphatic hydroxyl groups is 1. The number of fused-ring (bicyclic) bond motifs is 3. The van der Waals surface area contributed by atoms with Crippen LogP contribution in [0.25, 0.3) is 11.1 Å². The van der Waals surface area contributed by atoms with Gasteiger partial charge in [-0.15, -0.1) is 0 Å². The van der Waals surface area contributed by atoms with E-state index in [0.717, 1.165) is 17.5 Å². The zero-order chi connectivity index (χ0) is 29.8. The number of halogens is 3. The van der Waals surface area contributed by atoms with E-state index >= 15 is 8.78 Å². The van der Waals surface area contributed by atoms with Crippen molar-refractivity contribution in [2.75, 3.05) is 6.61 Å². The Morgan fingerprint density at radius 2 is 1.79 bits per heavy atom. The number of aromatic nitrogens is 1. The number of hydrogen-bond donors (Lipinski definition) is 1. The molecule has 1 N–H and O–H groups in total. The number of hydrogen-bond acceptors (Lipinski definition) is 6. The van der Waals surface area contributed by atoms with Crippen LogP contribution in [0.4, 0.5) is 13.2 Å². The first-order chi connectivity index (χ1) is 20.0. The average molecular weight is 582 g/mol. The van der Waals surface area contributed by atoms with E-state index in [-0.39, 0.29) is 47.6 Å². The lowest BCUT2D eigenvalue weighted by atomic mass is 9.85. The van der Waals surface area contributed by atoms with E-state index in [0.29, 0.717) is 49.3 Å². The highest BCUT2D eigenvalue weighted by atomic mass is 19.1. The lowest BCUT2D eigenvalue weighted by Crippen LogP contribution is -2.35. The molecule has 9 heteroatoms. The molecular weight excluding hydrogens is 547 g/mol. The van der Waals surface area contributed by atoms with Crippen LogP contribution in [0.2, 0.25) is 0 Å². The number of nitrogens with zero attached hydrogens (tertiary/aromatic N) is 1. The highest BCUT2D eigenvalue weighted by Crippen LogP contribution is 2.61. The number of pyridine rings is 1. The maximum Gasteiger partial charge on any atom is 0.309 e. The largest absolute Gasteiger partial charge is 0.484 e. The maximum absolute atomic E-state index is 15.1. The minimum atomic E-state index is -0.838. The molecule has 6 nitrogen and oxygen atoms in total. The summed E-state index contributed by atoms with van der Waals surface area (Å²) in [5.74, 6) is -2.18. The highest BCUT2D eigenvalue weighted by molar-refractivity contribution is 5.79. The fourth-order valence-corrected chi connectivity index (χ4v) is 6.52. The molecule has 0 radical (unpaired) electrons. The van der Waals surface area contributed by atoms with E-state index in [2.05, 4.69) is 4.98 Å². The van der Waals surface area contributed by atoms with Crippen molar-refractivity contribution in [2.24, 2.45) is 11.8 Å². The topological polar surface area (TPSA) is 77.9 Å². The Morgan fingerprint density at radius 3 is 2.48 bits per heavy atom. The molecule has 0 aliphatic heterocycles. The Balaban J connectivity index is 1.15. The molecule has 2 aromatic carbocycles. The summed E-state index contributed by atoms with van der Waals surface area (Å²) in [7, 11) is 0. The minimum absolute atomic E-state index is 0.105. The molecule has 0 spiro atoms. The second-order valence-electron chi connectivity index (χ2n) is 12.0. The van der Waals surface area contributed by atoms with E-state index < -0.39 is 28.8 Å². The molecular formula is C33H34F3NO5. The first-order valence-corrected chi connectivity index (χ1v) is 14.5. The van der Waals surface area contributed by atoms with E-state index in [9.17, 15) is 14.3 Å². The van der Waals surface area contributed by atoms with Crippen LogP contribution in [-0.2, 0) is 22.6 Å². The fraction of sp³-hybridized carbons (Fsp3) is 0.455. The third-order valence-electron chi connectivity index (χ3n) is 8.91. The van der Waals surface area contributed by atoms with Gasteiger partial charge in [-0.2, -0.15) is 0 Å². The van der Waals surface area contributed by atoms with Gasteiger partial charge in [-0.3, -0.25) is 4.79 Å². The normalized spacial score (nSPS) is 25.9. The summed E-state index contributed by atoms with van der Waals surface area (Å²) in [6, 6.07) is 7.07. The molecule has 222 valence electrons. The van der Waals surface area contributed by atoms with Gasteiger partial charge in [0.1, 0.15) is 12.4 Å². The van der Waals surface area contributed by atoms with Crippen molar-refractivity contribution in [3.05, 3.63) is 76.2 Å². The van der Waals surface area contributed by atoms with Gasteiger partial charge in [-0.1, -0.05) is 0 Å². The Hall–Kier alpha value is -3.59. The van der Waals surface area contributed by atoms with Crippen molar-refractivity contribution >= 4 is 5.97 Å². The van der Waals surface area contributed by atoms with Gasteiger partial charge in [-0.05, 0) is 111 Å². The van der Waals surface area contributed by atoms with E-state index in [1.54, 1.807) is 27.0 Å². The van der Waals surface area contributed by atoms with Gasteiger partial charge in [0.25, 0.3) is 0 Å². The summed E-state index contributed by atoms with van der Waals surface area (Å²) in [6.45, 7) is 5.45. The standard InChI is InChI=1S/C33H34F3NO5/c1-4-40-32(38)30-23-10-18-14-28(37-15-24(18)29(23)30)41-16-20-11-22(17(2)9-25(20)34)19-12-26(35)31(27(36)13-19)42-21-5-7-33(3,39)8-6-21/h9,11-15,21,23,29-30,39H,4-8,10,16H2,1-3H3/t21?,23-,29-,30+,33?/m1/s1. The third kappa shape index (κ3) is 5.46. The Morgan fingerprint density at radius 1 is 1.07 bits per heavy atom. The molecule has 0 unspecified atom stereocenters. The molecule has 1 aromatic heterocycles. The Bertz CT molecular complexity index is 1510. The molecule has 1 heterocycles. The zero-order valence-electron chi connectivity index (χ0n) is 23.9. The van der Waals surface area contributed by atoms with Gasteiger partial charge in [0.2, 0.25) is 5.88 Å². The van der Waals surface area contributed by atoms with E-state index in [4.69, 9.17) is 14.2 Å². The molecule has 6 rings (SSSR count). The molecule has 3 aliphatic rings. The summed E-state index contributed by atoms with van der Waals surface area (Å²) < 4.78 is 61.7. The summed E-state index contributed by atoms with van der Waals surface area (Å²) in [6.07, 6.45) is 4.08. The van der Waals surface area contributed by atoms with E-state index in [1.165, 1.54) is 24.3 Å². The molecule has 42 heavy (non-hydrogen) atoms. The van der Waals surface area contributed by atoms with Crippen molar-refractivity contribution in [3.8, 4) is 22.8 Å². The van der Waals surface area contributed by atoms with Crippen LogP contribution in [0.3, 0.4) is 0 Å². The minimum Gasteiger partial charge on any atom is -0.484 e. The number of ether oxygens (including phenoxy) is 3. The van der Waals surface area contributed by atoms with Gasteiger partial charge in [-0.25, -0.2) is 18.2 Å². The van der Waals surface area contributed by atoms with Gasteiger partial charge >= 0.3 is 5.97 Å². The van der Waals surface area contributed by atoms with Crippen LogP contribution in [0.15, 0.2) is 36.5 Å². The van der Waals surface area contributed by atoms with Gasteiger partial charge < -0.3 is 19.3 Å². The predicted octanol–water partition coefficient (Wildman–Crippen LogP) is 6.57. The Kier molecular flexibility index (Phi) is 7.41. The first-order valence-electron chi connectivity index (χ1n) is 14.5. The monoisotopic (exact) mass is 581 g/mol. The summed E-state index contributed by atoms with van der Waals surface area (Å²) >= 11 is 0. The quantitative estimate of drug-likeness (QED) is 0.303. The summed E-state index contributed by atoms with van der Waals surface area (Å²) in [4.78, 5) is 16.5. The lowest BCUT2D eigenvalue weighted by molar-refractivity contribution is -0.145. The van der Waals surface area contributed by atoms with Gasteiger partial charge in [0.15, 0.2) is 17.4 Å². The first kappa shape index (κ1) is 28.5. The number of benzene rings is 2. The molecule has 0 saturated heterocycles. The third-order valence-corrected chi connectivity index (χ3v) is 8.91. The van der Waals surface area contributed by atoms with Crippen molar-refractivity contribution in [2.45, 2.75) is 77.1 Å². The van der Waals surface area contributed by atoms with Gasteiger partial charge in [0, 0.05) is 23.7 Å². The number of carbonyl (C=O) groups excluding carboxylic acids is 1. The second kappa shape index (κ2) is 10.9. The predicted molar refractivity (Wildman–Crippen MR) is 149 cm³/mol. The SMILES string of the molecule is CCOC(=O)[C@H]1[C@@H]2Cc3cc(OCc4cc(-c5cc(F)c(OC6CCC(C)(O)CC6)c(F)c5)c(C)cc4F)ncc3[C@@H]21. The zero-order valence-corrected chi connectivity index (χ0v) is 23.9. The van der Waals surface area contributed by atoms with Crippen LogP contribution >= 0.6 is 0 Å². The van der Waals surface area contributed by atoms with Crippen LogP contribution in [0, 0.1) is 36.2 Å². The highest BCUT2D eigenvalue weighted by Gasteiger charge is 2.60. The maximum atomic E-state index is 15.1. The molecule has 3 aromatic rings. The van der Waals surface area contributed by atoms with Crippen LogP contribution in [0.1, 0.15) is 67.7 Å². The number of carbonyl (C=O) groups is 1. The number of aryl methyl sites for hydroxylation is 1. The summed E-state index contributed by atoms with van der Waals surface area (Å²) in [5.41, 5.74) is 2.78. The number of esters is 1. The van der Waals surface area contributed by atoms with Crippen LogP contribution in [-0.4, -0.2) is 34.4 Å². The van der Waals surface area contributed by atoms with Crippen LogP contribution in [0.5, 0.6) is 11.6 Å². The molecule has 2 fully saturated rings. The molecule has 2 saturated carbocycles. The molecule has 0 bridgehead atoms. The van der Waals surface area contributed by atoms with Crippen molar-refractivity contribution in [3.63, 3.8) is 0 Å². The van der Waals surface area contributed by atoms with Crippen LogP contribution < -0.4 is 9.47 Å². The second-order valence-corrected chi connectivity index (χ2v) is 12.0. The fourth-order valence-electron chi connectivity index (χ4n) is 6.52. The van der Waals surface area contributed by atoms with Crippen molar-refractivity contribution < 1.29 is 37.3 Å². The summed E-state index contributed by atoms with van der Waals surface area (Å²) in [5, 5.41) is 10.1. The smallest absolute Gasteiger partial charge is 0.309 e. The molecule has 3 aliphatic carbocycles. The Labute approximate surface area is 242 Å². The van der Waals surface area contributed by atoms with Gasteiger partial charge in [0.05, 0.1) is 24.2 Å². The molecule has 0 amide bonds. The molecule has 3 atom stereocenters. The van der Waals surface area contributed by atoms with Crippen molar-refractivity contribution in [1.82, 2.24) is 4.98 Å². The van der Waals surface area contributed by atoms with E-state index in [1.807, 2.05) is 6.07 Å². The number of rotatable bonds is 8. The lowest BCUT2D eigenvalue weighted by Gasteiger charge is -2.33. The van der Waals surface area contributed by atoms with Crippen molar-refractivity contribution in [1.29, 1.82) is 0 Å².